The lowest BCUT2D eigenvalue weighted by atomic mass is 9.99. The van der Waals surface area contributed by atoms with Crippen LogP contribution in [0.5, 0.6) is 0 Å². The number of carbonyl (C=O) groups is 2. The first-order valence-corrected chi connectivity index (χ1v) is 7.09. The molecule has 6 heteroatoms. The van der Waals surface area contributed by atoms with E-state index in [-0.39, 0.29) is 31.1 Å². The predicted octanol–water partition coefficient (Wildman–Crippen LogP) is 1.68. The van der Waals surface area contributed by atoms with Crippen LogP contribution in [0.2, 0.25) is 0 Å². The first-order chi connectivity index (χ1) is 10.2. The molecule has 0 radical (unpaired) electrons. The molecule has 0 saturated carbocycles. The zero-order chi connectivity index (χ0) is 15.1. The third-order valence-electron chi connectivity index (χ3n) is 3.41. The van der Waals surface area contributed by atoms with Gasteiger partial charge in [0, 0.05) is 13.2 Å². The second kappa shape index (κ2) is 7.64. The van der Waals surface area contributed by atoms with Crippen LogP contribution in [0.25, 0.3) is 0 Å². The Kier molecular flexibility index (Phi) is 5.57. The van der Waals surface area contributed by atoms with E-state index < -0.39 is 5.97 Å². The molecule has 0 aromatic heterocycles. The third-order valence-corrected chi connectivity index (χ3v) is 3.41. The second-order valence-electron chi connectivity index (χ2n) is 4.98. The van der Waals surface area contributed by atoms with E-state index in [4.69, 9.17) is 9.84 Å². The van der Waals surface area contributed by atoms with Crippen molar-refractivity contribution < 1.29 is 19.4 Å². The Morgan fingerprint density at radius 1 is 1.33 bits per heavy atom. The molecule has 2 atom stereocenters. The van der Waals surface area contributed by atoms with Gasteiger partial charge in [-0.3, -0.25) is 4.79 Å². The highest BCUT2D eigenvalue weighted by atomic mass is 16.5. The van der Waals surface area contributed by atoms with E-state index in [1.165, 1.54) is 0 Å². The summed E-state index contributed by atoms with van der Waals surface area (Å²) in [6.45, 7) is 0.810. The minimum Gasteiger partial charge on any atom is -0.481 e. The zero-order valence-electron chi connectivity index (χ0n) is 11.7. The number of urea groups is 1. The molecule has 2 rings (SSSR count). The number of carbonyl (C=O) groups excluding carboxylic acids is 1. The molecule has 114 valence electrons. The Labute approximate surface area is 123 Å². The molecule has 2 amide bonds. The van der Waals surface area contributed by atoms with Gasteiger partial charge in [-0.2, -0.15) is 0 Å². The molecule has 3 N–H and O–H groups in total. The Bertz CT molecular complexity index is 472. The van der Waals surface area contributed by atoms with Crippen molar-refractivity contribution in [1.82, 2.24) is 10.6 Å². The number of ether oxygens (including phenoxy) is 1. The van der Waals surface area contributed by atoms with E-state index in [1.807, 2.05) is 30.3 Å². The number of carboxylic acid groups (broad SMARTS) is 1. The summed E-state index contributed by atoms with van der Waals surface area (Å²) in [4.78, 5) is 22.3. The second-order valence-corrected chi connectivity index (χ2v) is 4.98. The van der Waals surface area contributed by atoms with Crippen LogP contribution >= 0.6 is 0 Å². The fourth-order valence-electron chi connectivity index (χ4n) is 2.39. The molecule has 1 aromatic carbocycles. The van der Waals surface area contributed by atoms with E-state index in [1.54, 1.807) is 0 Å². The molecule has 21 heavy (non-hydrogen) atoms. The lowest BCUT2D eigenvalue weighted by Crippen LogP contribution is -2.42. The number of benzene rings is 1. The molecular formula is C15H20N2O4. The number of aliphatic carboxylic acids is 1. The van der Waals surface area contributed by atoms with Crippen LogP contribution in [0, 0.1) is 0 Å². The van der Waals surface area contributed by atoms with E-state index in [9.17, 15) is 9.59 Å². The number of carboxylic acids is 1. The van der Waals surface area contributed by atoms with Gasteiger partial charge in [0.1, 0.15) is 0 Å². The Hall–Kier alpha value is -2.08. The van der Waals surface area contributed by atoms with Crippen LogP contribution < -0.4 is 10.6 Å². The van der Waals surface area contributed by atoms with Gasteiger partial charge in [0.15, 0.2) is 0 Å². The van der Waals surface area contributed by atoms with Gasteiger partial charge in [0.2, 0.25) is 0 Å². The fourth-order valence-corrected chi connectivity index (χ4v) is 2.39. The molecule has 0 bridgehead atoms. The summed E-state index contributed by atoms with van der Waals surface area (Å²) in [5.74, 6) is -0.936. The van der Waals surface area contributed by atoms with Gasteiger partial charge in [-0.25, -0.2) is 4.79 Å². The SMILES string of the molecule is O=C(O)CCNC(=O)NC(c1ccccc1)C1CCCO1. The van der Waals surface area contributed by atoms with Crippen LogP contribution in [0.1, 0.15) is 30.9 Å². The molecule has 1 saturated heterocycles. The molecule has 0 spiro atoms. The van der Waals surface area contributed by atoms with Gasteiger partial charge in [-0.05, 0) is 18.4 Å². The highest BCUT2D eigenvalue weighted by Crippen LogP contribution is 2.26. The highest BCUT2D eigenvalue weighted by Gasteiger charge is 2.28. The third kappa shape index (κ3) is 4.75. The number of nitrogens with one attached hydrogen (secondary N) is 2. The van der Waals surface area contributed by atoms with Gasteiger partial charge in [0.05, 0.1) is 18.6 Å². The number of hydrogen-bond acceptors (Lipinski definition) is 3. The van der Waals surface area contributed by atoms with E-state index in [0.717, 1.165) is 18.4 Å². The first-order valence-electron chi connectivity index (χ1n) is 7.09. The van der Waals surface area contributed by atoms with Gasteiger partial charge in [0.25, 0.3) is 0 Å². The van der Waals surface area contributed by atoms with Crippen molar-refractivity contribution in [3.8, 4) is 0 Å². The summed E-state index contributed by atoms with van der Waals surface area (Å²) in [7, 11) is 0. The average Bonchev–Trinajstić information content (AvgIpc) is 2.99. The normalized spacial score (nSPS) is 19.0. The number of hydrogen-bond donors (Lipinski definition) is 3. The van der Waals surface area contributed by atoms with Crippen molar-refractivity contribution in [2.24, 2.45) is 0 Å². The predicted molar refractivity (Wildman–Crippen MR) is 76.9 cm³/mol. The van der Waals surface area contributed by atoms with E-state index >= 15 is 0 Å². The number of rotatable bonds is 6. The molecule has 1 aliphatic heterocycles. The van der Waals surface area contributed by atoms with Crippen LogP contribution in [-0.2, 0) is 9.53 Å². The van der Waals surface area contributed by atoms with Gasteiger partial charge >= 0.3 is 12.0 Å². The van der Waals surface area contributed by atoms with Crippen LogP contribution in [0.4, 0.5) is 4.79 Å². The summed E-state index contributed by atoms with van der Waals surface area (Å²) in [6, 6.07) is 9.05. The largest absolute Gasteiger partial charge is 0.481 e. The zero-order valence-corrected chi connectivity index (χ0v) is 11.7. The average molecular weight is 292 g/mol. The van der Waals surface area contributed by atoms with Crippen LogP contribution in [-0.4, -0.2) is 36.4 Å². The van der Waals surface area contributed by atoms with E-state index in [0.29, 0.717) is 6.61 Å². The van der Waals surface area contributed by atoms with Crippen molar-refractivity contribution in [3.05, 3.63) is 35.9 Å². The highest BCUT2D eigenvalue weighted by molar-refractivity contribution is 5.75. The van der Waals surface area contributed by atoms with Gasteiger partial charge < -0.3 is 20.5 Å². The van der Waals surface area contributed by atoms with Crippen molar-refractivity contribution in [1.29, 1.82) is 0 Å². The molecule has 0 aliphatic carbocycles. The van der Waals surface area contributed by atoms with Crippen molar-refractivity contribution in [2.45, 2.75) is 31.4 Å². The summed E-state index contributed by atoms with van der Waals surface area (Å²) in [6.07, 6.45) is 1.74. The maximum atomic E-state index is 11.9. The minimum atomic E-state index is -0.936. The Morgan fingerprint density at radius 2 is 2.10 bits per heavy atom. The van der Waals surface area contributed by atoms with Crippen molar-refractivity contribution >= 4 is 12.0 Å². The summed E-state index contributed by atoms with van der Waals surface area (Å²) >= 11 is 0. The maximum absolute atomic E-state index is 11.9. The van der Waals surface area contributed by atoms with E-state index in [2.05, 4.69) is 10.6 Å². The quantitative estimate of drug-likeness (QED) is 0.744. The van der Waals surface area contributed by atoms with Gasteiger partial charge in [-0.15, -0.1) is 0 Å². The molecule has 1 fully saturated rings. The van der Waals surface area contributed by atoms with Crippen molar-refractivity contribution in [3.63, 3.8) is 0 Å². The summed E-state index contributed by atoms with van der Waals surface area (Å²) in [5, 5.41) is 14.0. The molecule has 6 nitrogen and oxygen atoms in total. The Balaban J connectivity index is 1.96. The first kappa shape index (κ1) is 15.3. The standard InChI is InChI=1S/C15H20N2O4/c18-13(19)8-9-16-15(20)17-14(12-7-4-10-21-12)11-5-2-1-3-6-11/h1-3,5-6,12,14H,4,7-10H2,(H,18,19)(H2,16,17,20). The molecule has 1 heterocycles. The smallest absolute Gasteiger partial charge is 0.315 e. The Morgan fingerprint density at radius 3 is 2.71 bits per heavy atom. The van der Waals surface area contributed by atoms with Crippen molar-refractivity contribution in [2.75, 3.05) is 13.2 Å². The van der Waals surface area contributed by atoms with Gasteiger partial charge in [-0.1, -0.05) is 30.3 Å². The maximum Gasteiger partial charge on any atom is 0.315 e. The number of amides is 2. The molecule has 1 aromatic rings. The lowest BCUT2D eigenvalue weighted by molar-refractivity contribution is -0.136. The molecule has 2 unspecified atom stereocenters. The molecule has 1 aliphatic rings. The topological polar surface area (TPSA) is 87.7 Å². The summed E-state index contributed by atoms with van der Waals surface area (Å²) in [5.41, 5.74) is 0.984. The summed E-state index contributed by atoms with van der Waals surface area (Å²) < 4.78 is 5.68. The van der Waals surface area contributed by atoms with Crippen LogP contribution in [0.15, 0.2) is 30.3 Å². The molecular weight excluding hydrogens is 272 g/mol. The lowest BCUT2D eigenvalue weighted by Gasteiger charge is -2.24. The van der Waals surface area contributed by atoms with Crippen LogP contribution in [0.3, 0.4) is 0 Å². The minimum absolute atomic E-state index is 0.0439. The fraction of sp³-hybridized carbons (Fsp3) is 0.467. The monoisotopic (exact) mass is 292 g/mol.